The van der Waals surface area contributed by atoms with Crippen LogP contribution in [0, 0.1) is 6.92 Å². The van der Waals surface area contributed by atoms with Crippen LogP contribution in [0.5, 0.6) is 5.75 Å². The summed E-state index contributed by atoms with van der Waals surface area (Å²) in [7, 11) is 0. The number of benzene rings is 2. The summed E-state index contributed by atoms with van der Waals surface area (Å²) in [5, 5.41) is 5.93. The van der Waals surface area contributed by atoms with E-state index in [0.717, 1.165) is 22.6 Å². The average molecular weight is 387 g/mol. The molecule has 1 amide bonds. The number of hydrogen-bond acceptors (Lipinski definition) is 4. The molecular formula is C20H19ClN2O2S. The number of hydrogen-bond donors (Lipinski definition) is 1. The summed E-state index contributed by atoms with van der Waals surface area (Å²) in [6.45, 7) is 2.52. The Morgan fingerprint density at radius 3 is 2.88 bits per heavy atom. The molecule has 1 N–H and O–H groups in total. The maximum absolute atomic E-state index is 12.1. The molecule has 4 nitrogen and oxygen atoms in total. The highest BCUT2D eigenvalue weighted by molar-refractivity contribution is 7.14. The van der Waals surface area contributed by atoms with E-state index in [4.69, 9.17) is 16.3 Å². The van der Waals surface area contributed by atoms with Crippen LogP contribution >= 0.6 is 22.9 Å². The fraction of sp³-hybridized carbons (Fsp3) is 0.200. The van der Waals surface area contributed by atoms with Gasteiger partial charge in [0, 0.05) is 22.4 Å². The lowest BCUT2D eigenvalue weighted by molar-refractivity contribution is -0.116. The molecule has 134 valence electrons. The summed E-state index contributed by atoms with van der Waals surface area (Å²) in [4.78, 5) is 16.5. The van der Waals surface area contributed by atoms with Gasteiger partial charge in [0.05, 0.1) is 12.3 Å². The van der Waals surface area contributed by atoms with Gasteiger partial charge in [-0.2, -0.15) is 0 Å². The van der Waals surface area contributed by atoms with Gasteiger partial charge >= 0.3 is 0 Å². The summed E-state index contributed by atoms with van der Waals surface area (Å²) in [6.07, 6.45) is 1.02. The first kappa shape index (κ1) is 18.4. The van der Waals surface area contributed by atoms with E-state index in [9.17, 15) is 4.79 Å². The molecule has 1 aromatic heterocycles. The minimum atomic E-state index is -0.0714. The molecule has 0 unspecified atom stereocenters. The number of carbonyl (C=O) groups excluding carboxylic acids is 1. The number of rotatable bonds is 7. The summed E-state index contributed by atoms with van der Waals surface area (Å²) in [5.74, 6) is 0.757. The zero-order valence-corrected chi connectivity index (χ0v) is 15.9. The van der Waals surface area contributed by atoms with Crippen molar-refractivity contribution in [3.8, 4) is 17.0 Å². The molecule has 0 atom stereocenters. The predicted octanol–water partition coefficient (Wildman–Crippen LogP) is 5.57. The van der Waals surface area contributed by atoms with Gasteiger partial charge in [0.1, 0.15) is 5.75 Å². The minimum Gasteiger partial charge on any atom is -0.494 e. The highest BCUT2D eigenvalue weighted by atomic mass is 35.5. The fourth-order valence-electron chi connectivity index (χ4n) is 2.43. The van der Waals surface area contributed by atoms with Gasteiger partial charge < -0.3 is 10.1 Å². The molecule has 0 aliphatic carbocycles. The fourth-order valence-corrected chi connectivity index (χ4v) is 3.39. The third kappa shape index (κ3) is 5.07. The second kappa shape index (κ2) is 8.83. The van der Waals surface area contributed by atoms with Crippen LogP contribution in [-0.4, -0.2) is 17.5 Å². The van der Waals surface area contributed by atoms with Crippen LogP contribution in [0.4, 0.5) is 5.13 Å². The number of ether oxygens (including phenoxy) is 1. The van der Waals surface area contributed by atoms with E-state index in [0.29, 0.717) is 29.6 Å². The zero-order chi connectivity index (χ0) is 18.4. The average Bonchev–Trinajstić information content (AvgIpc) is 3.07. The van der Waals surface area contributed by atoms with Gasteiger partial charge in [-0.05, 0) is 37.1 Å². The number of nitrogens with zero attached hydrogens (tertiary/aromatic N) is 1. The molecule has 0 bridgehead atoms. The molecule has 6 heteroatoms. The number of nitrogens with one attached hydrogen (secondary N) is 1. The number of anilines is 1. The molecule has 0 saturated carbocycles. The van der Waals surface area contributed by atoms with Crippen molar-refractivity contribution in [3.05, 3.63) is 64.5 Å². The van der Waals surface area contributed by atoms with E-state index < -0.39 is 0 Å². The first-order valence-corrected chi connectivity index (χ1v) is 9.57. The molecule has 26 heavy (non-hydrogen) atoms. The van der Waals surface area contributed by atoms with Crippen molar-refractivity contribution in [1.82, 2.24) is 4.98 Å². The number of halogens is 1. The van der Waals surface area contributed by atoms with Crippen molar-refractivity contribution in [2.75, 3.05) is 11.9 Å². The maximum Gasteiger partial charge on any atom is 0.226 e. The molecule has 3 aromatic rings. The number of aromatic nitrogens is 1. The first-order valence-electron chi connectivity index (χ1n) is 8.31. The number of amides is 1. The Hall–Kier alpha value is -2.37. The van der Waals surface area contributed by atoms with Crippen molar-refractivity contribution in [3.63, 3.8) is 0 Å². The molecule has 3 rings (SSSR count). The molecule has 0 aliphatic rings. The largest absolute Gasteiger partial charge is 0.494 e. The van der Waals surface area contributed by atoms with Gasteiger partial charge in [0.15, 0.2) is 5.13 Å². The monoisotopic (exact) mass is 386 g/mol. The van der Waals surface area contributed by atoms with Crippen molar-refractivity contribution in [1.29, 1.82) is 0 Å². The Balaban J connectivity index is 1.46. The van der Waals surface area contributed by atoms with Gasteiger partial charge in [-0.15, -0.1) is 11.3 Å². The molecule has 0 fully saturated rings. The second-order valence-corrected chi connectivity index (χ2v) is 7.10. The number of carbonyl (C=O) groups is 1. The summed E-state index contributed by atoms with van der Waals surface area (Å²) in [6, 6.07) is 15.4. The quantitative estimate of drug-likeness (QED) is 0.540. The Bertz CT molecular complexity index is 895. The van der Waals surface area contributed by atoms with Gasteiger partial charge in [-0.3, -0.25) is 4.79 Å². The van der Waals surface area contributed by atoms with E-state index in [1.807, 2.05) is 60.8 Å². The highest BCUT2D eigenvalue weighted by Crippen LogP contribution is 2.30. The van der Waals surface area contributed by atoms with Crippen LogP contribution in [-0.2, 0) is 4.79 Å². The molecule has 0 radical (unpaired) electrons. The van der Waals surface area contributed by atoms with Crippen LogP contribution in [0.15, 0.2) is 53.9 Å². The number of thiazole rings is 1. The Morgan fingerprint density at radius 1 is 1.23 bits per heavy atom. The van der Waals surface area contributed by atoms with Gasteiger partial charge in [0.2, 0.25) is 5.91 Å². The normalized spacial score (nSPS) is 10.5. The molecule has 0 spiro atoms. The Labute approximate surface area is 161 Å². The topological polar surface area (TPSA) is 51.2 Å². The maximum atomic E-state index is 12.1. The molecule has 0 aliphatic heterocycles. The lowest BCUT2D eigenvalue weighted by atomic mass is 10.2. The minimum absolute atomic E-state index is 0.0714. The molecular weight excluding hydrogens is 368 g/mol. The van der Waals surface area contributed by atoms with Gasteiger partial charge in [-0.1, -0.05) is 41.9 Å². The van der Waals surface area contributed by atoms with Crippen molar-refractivity contribution in [2.24, 2.45) is 0 Å². The first-order chi connectivity index (χ1) is 12.6. The van der Waals surface area contributed by atoms with Crippen LogP contribution in [0.25, 0.3) is 11.3 Å². The van der Waals surface area contributed by atoms with E-state index in [1.165, 1.54) is 11.3 Å². The second-order valence-electron chi connectivity index (χ2n) is 5.83. The molecule has 0 saturated heterocycles. The Kier molecular flexibility index (Phi) is 6.26. The predicted molar refractivity (Wildman–Crippen MR) is 107 cm³/mol. The van der Waals surface area contributed by atoms with Gasteiger partial charge in [-0.25, -0.2) is 4.98 Å². The summed E-state index contributed by atoms with van der Waals surface area (Å²) >= 11 is 7.57. The van der Waals surface area contributed by atoms with Crippen LogP contribution in [0.1, 0.15) is 18.4 Å². The lowest BCUT2D eigenvalue weighted by Crippen LogP contribution is -2.12. The van der Waals surface area contributed by atoms with Crippen molar-refractivity contribution in [2.45, 2.75) is 19.8 Å². The van der Waals surface area contributed by atoms with E-state index >= 15 is 0 Å². The van der Waals surface area contributed by atoms with Crippen LogP contribution in [0.3, 0.4) is 0 Å². The molecule has 1 heterocycles. The lowest BCUT2D eigenvalue weighted by Gasteiger charge is -2.06. The van der Waals surface area contributed by atoms with E-state index in [-0.39, 0.29) is 5.91 Å². The smallest absolute Gasteiger partial charge is 0.226 e. The SMILES string of the molecule is Cc1cccc(OCCCC(=O)Nc2nc(-c3ccccc3Cl)cs2)c1. The van der Waals surface area contributed by atoms with Gasteiger partial charge in [0.25, 0.3) is 0 Å². The van der Waals surface area contributed by atoms with Crippen LogP contribution in [0.2, 0.25) is 5.02 Å². The zero-order valence-electron chi connectivity index (χ0n) is 14.4. The molecule has 2 aromatic carbocycles. The Morgan fingerprint density at radius 2 is 2.08 bits per heavy atom. The third-order valence-corrected chi connectivity index (χ3v) is 4.79. The van der Waals surface area contributed by atoms with E-state index in [2.05, 4.69) is 10.3 Å². The van der Waals surface area contributed by atoms with Crippen molar-refractivity contribution < 1.29 is 9.53 Å². The van der Waals surface area contributed by atoms with Crippen molar-refractivity contribution >= 4 is 34.0 Å². The standard InChI is InChI=1S/C20H19ClN2O2S/c1-14-6-4-7-15(12-14)25-11-5-10-19(24)23-20-22-18(13-26-20)16-8-2-3-9-17(16)21/h2-4,6-9,12-13H,5,10-11H2,1H3,(H,22,23,24). The number of aryl methyl sites for hydroxylation is 1. The third-order valence-electron chi connectivity index (χ3n) is 3.71. The highest BCUT2D eigenvalue weighted by Gasteiger charge is 2.10. The summed E-state index contributed by atoms with van der Waals surface area (Å²) in [5.41, 5.74) is 2.77. The summed E-state index contributed by atoms with van der Waals surface area (Å²) < 4.78 is 5.65. The van der Waals surface area contributed by atoms with Crippen LogP contribution < -0.4 is 10.1 Å². The van der Waals surface area contributed by atoms with E-state index in [1.54, 1.807) is 0 Å².